The van der Waals surface area contributed by atoms with Crippen LogP contribution in [0.25, 0.3) is 17.3 Å². The quantitative estimate of drug-likeness (QED) is 0.319. The number of anilines is 1. The van der Waals surface area contributed by atoms with Crippen LogP contribution in [-0.4, -0.2) is 75.6 Å². The van der Waals surface area contributed by atoms with E-state index < -0.39 is 0 Å². The molecule has 176 valence electrons. The van der Waals surface area contributed by atoms with Gasteiger partial charge >= 0.3 is 221 Å². The SMILES string of the molecule is C(=C\c1[se]c(N2CCCC2)nc1-c1ccccc1)/C=C1/[Se]C(=[N+]2CCCC2)N=C1c1ccccc1. The first kappa shape index (κ1) is 22.9. The van der Waals surface area contributed by atoms with Crippen molar-refractivity contribution in [3.05, 3.63) is 87.3 Å². The van der Waals surface area contributed by atoms with Gasteiger partial charge in [-0.1, -0.05) is 0 Å². The molecule has 0 saturated carbocycles. The second-order valence-corrected chi connectivity index (χ2v) is 13.3. The van der Waals surface area contributed by atoms with Crippen molar-refractivity contribution in [1.82, 2.24) is 4.98 Å². The third kappa shape index (κ3) is 5.08. The van der Waals surface area contributed by atoms with E-state index >= 15 is 0 Å². The Balaban J connectivity index is 1.34. The molecule has 1 aromatic heterocycles. The second-order valence-electron chi connectivity index (χ2n) is 9.06. The van der Waals surface area contributed by atoms with E-state index in [9.17, 15) is 0 Å². The summed E-state index contributed by atoms with van der Waals surface area (Å²) in [6.07, 6.45) is 12.0. The van der Waals surface area contributed by atoms with Crippen LogP contribution in [0.2, 0.25) is 0 Å². The molecule has 4 nitrogen and oxygen atoms in total. The fourth-order valence-corrected chi connectivity index (χ4v) is 9.20. The number of allylic oxidation sites excluding steroid dienone is 3. The zero-order chi connectivity index (χ0) is 23.5. The Kier molecular flexibility index (Phi) is 6.97. The molecule has 0 atom stereocenters. The number of hydrogen-bond acceptors (Lipinski definition) is 2. The van der Waals surface area contributed by atoms with Crippen LogP contribution in [0.1, 0.15) is 35.7 Å². The molecule has 6 heteroatoms. The Morgan fingerprint density at radius 3 is 2.23 bits per heavy atom. The van der Waals surface area contributed by atoms with Crippen molar-refractivity contribution in [2.75, 3.05) is 31.1 Å². The zero-order valence-corrected chi connectivity index (χ0v) is 23.2. The van der Waals surface area contributed by atoms with E-state index in [-0.39, 0.29) is 29.5 Å². The van der Waals surface area contributed by atoms with Gasteiger partial charge in [-0.05, 0) is 0 Å². The van der Waals surface area contributed by atoms with Crippen molar-refractivity contribution in [3.8, 4) is 11.3 Å². The van der Waals surface area contributed by atoms with Crippen molar-refractivity contribution >= 4 is 50.7 Å². The van der Waals surface area contributed by atoms with Gasteiger partial charge in [0.15, 0.2) is 0 Å². The van der Waals surface area contributed by atoms with E-state index in [1.165, 1.54) is 55.1 Å². The van der Waals surface area contributed by atoms with Gasteiger partial charge in [-0.3, -0.25) is 0 Å². The summed E-state index contributed by atoms with van der Waals surface area (Å²) >= 11 is 0.489. The van der Waals surface area contributed by atoms with Gasteiger partial charge in [0.25, 0.3) is 0 Å². The fourth-order valence-electron chi connectivity index (χ4n) is 4.78. The number of aliphatic imine (C=N–C) groups is 1. The molecule has 2 fully saturated rings. The average Bonchev–Trinajstić information content (AvgIpc) is 3.72. The van der Waals surface area contributed by atoms with Crippen LogP contribution < -0.4 is 4.90 Å². The summed E-state index contributed by atoms with van der Waals surface area (Å²) in [4.78, 5) is 12.8. The fraction of sp³-hybridized carbons (Fsp3) is 0.276. The first-order valence-electron chi connectivity index (χ1n) is 12.5. The van der Waals surface area contributed by atoms with Crippen molar-refractivity contribution in [1.29, 1.82) is 0 Å². The molecule has 3 aliphatic rings. The first-order chi connectivity index (χ1) is 17.3. The molecule has 0 unspecified atom stereocenters. The molecule has 0 spiro atoms. The van der Waals surface area contributed by atoms with E-state index in [0.717, 1.165) is 37.6 Å². The maximum absolute atomic E-state index is 5.15. The molecular weight excluding hydrogens is 562 g/mol. The average molecular weight is 591 g/mol. The molecule has 3 aliphatic heterocycles. The van der Waals surface area contributed by atoms with E-state index in [1.54, 1.807) is 0 Å². The van der Waals surface area contributed by atoms with Crippen molar-refractivity contribution < 1.29 is 4.58 Å². The number of hydrogen-bond donors (Lipinski definition) is 0. The topological polar surface area (TPSA) is 31.5 Å². The molecule has 6 rings (SSSR count). The van der Waals surface area contributed by atoms with E-state index in [1.807, 2.05) is 0 Å². The van der Waals surface area contributed by atoms with Crippen LogP contribution in [0.15, 0.2) is 82.3 Å². The minimum atomic E-state index is 0.245. The Bertz CT molecular complexity index is 1310. The monoisotopic (exact) mass is 593 g/mol. The van der Waals surface area contributed by atoms with Crippen LogP contribution in [0.4, 0.5) is 4.69 Å². The molecule has 4 heterocycles. The van der Waals surface area contributed by atoms with Crippen LogP contribution in [0.3, 0.4) is 0 Å². The Morgan fingerprint density at radius 1 is 0.829 bits per heavy atom. The summed E-state index contributed by atoms with van der Waals surface area (Å²) in [7, 11) is 0. The van der Waals surface area contributed by atoms with Crippen molar-refractivity contribution in [3.63, 3.8) is 0 Å². The van der Waals surface area contributed by atoms with E-state index in [2.05, 4.69) is 88.4 Å². The number of amidine groups is 1. The predicted molar refractivity (Wildman–Crippen MR) is 148 cm³/mol. The molecule has 35 heavy (non-hydrogen) atoms. The Hall–Kier alpha value is -2.49. The predicted octanol–water partition coefficient (Wildman–Crippen LogP) is 4.67. The number of aromatic nitrogens is 1. The van der Waals surface area contributed by atoms with Gasteiger partial charge in [-0.15, -0.1) is 0 Å². The number of rotatable bonds is 5. The van der Waals surface area contributed by atoms with E-state index in [4.69, 9.17) is 9.98 Å². The summed E-state index contributed by atoms with van der Waals surface area (Å²) < 4.78 is 7.83. The standard InChI is InChI=1S/C29H29N4Se2/c1-3-12-22(13-4-1)26-24(34-28(30-26)32-18-7-8-19-32)16-11-17-25-27(23-14-5-2-6-15-23)31-29(35-25)33-20-9-10-21-33/h1-6,11-17H,7-10,18-21H2/q+1. The first-order valence-corrected chi connectivity index (χ1v) is 15.9. The summed E-state index contributed by atoms with van der Waals surface area (Å²) in [5.74, 6) is 0. The van der Waals surface area contributed by atoms with Crippen LogP contribution in [-0.2, 0) is 0 Å². The summed E-state index contributed by atoms with van der Waals surface area (Å²) in [5, 5.41) is 0. The molecular formula is C29H29N4Se2+. The Morgan fingerprint density at radius 2 is 1.51 bits per heavy atom. The molecule has 2 saturated heterocycles. The van der Waals surface area contributed by atoms with Gasteiger partial charge in [0.2, 0.25) is 0 Å². The van der Waals surface area contributed by atoms with Crippen LogP contribution in [0.5, 0.6) is 0 Å². The van der Waals surface area contributed by atoms with Crippen LogP contribution in [0, 0.1) is 0 Å². The second kappa shape index (κ2) is 10.6. The number of benzene rings is 2. The minimum absolute atomic E-state index is 0.245. The molecule has 0 radical (unpaired) electrons. The van der Waals surface area contributed by atoms with Gasteiger partial charge in [-0.25, -0.2) is 0 Å². The molecule has 0 amide bonds. The van der Waals surface area contributed by atoms with Gasteiger partial charge in [0, 0.05) is 0 Å². The Labute approximate surface area is 219 Å². The van der Waals surface area contributed by atoms with Gasteiger partial charge in [0.05, 0.1) is 0 Å². The number of nitrogens with zero attached hydrogens (tertiary/aromatic N) is 4. The molecule has 0 aliphatic carbocycles. The van der Waals surface area contributed by atoms with E-state index in [0.29, 0.717) is 0 Å². The van der Waals surface area contributed by atoms with Crippen molar-refractivity contribution in [2.24, 2.45) is 4.99 Å². The molecule has 0 bridgehead atoms. The molecule has 3 aromatic rings. The third-order valence-corrected chi connectivity index (χ3v) is 11.2. The van der Waals surface area contributed by atoms with Crippen molar-refractivity contribution in [2.45, 2.75) is 25.7 Å². The summed E-state index contributed by atoms with van der Waals surface area (Å²) in [5.41, 5.74) is 4.75. The summed E-state index contributed by atoms with van der Waals surface area (Å²) in [6, 6.07) is 21.4. The van der Waals surface area contributed by atoms with Gasteiger partial charge in [-0.2, -0.15) is 0 Å². The normalized spacial score (nSPS) is 19.5. The van der Waals surface area contributed by atoms with Gasteiger partial charge in [0.1, 0.15) is 0 Å². The molecule has 0 N–H and O–H groups in total. The zero-order valence-electron chi connectivity index (χ0n) is 19.8. The van der Waals surface area contributed by atoms with Gasteiger partial charge < -0.3 is 0 Å². The maximum atomic E-state index is 5.15. The molecule has 2 aromatic carbocycles. The third-order valence-electron chi connectivity index (χ3n) is 6.63. The van der Waals surface area contributed by atoms with Crippen LogP contribution >= 0.6 is 0 Å². The summed E-state index contributed by atoms with van der Waals surface area (Å²) in [6.45, 7) is 4.60.